The van der Waals surface area contributed by atoms with Crippen LogP contribution in [0.1, 0.15) is 6.42 Å². The van der Waals surface area contributed by atoms with Crippen LogP contribution in [0.2, 0.25) is 0 Å². The quantitative estimate of drug-likeness (QED) is 0.819. The Balaban J connectivity index is 1.67. The summed E-state index contributed by atoms with van der Waals surface area (Å²) >= 11 is 3.29. The van der Waals surface area contributed by atoms with Crippen molar-refractivity contribution >= 4 is 29.0 Å². The fourth-order valence-electron chi connectivity index (χ4n) is 1.58. The maximum absolute atomic E-state index is 11.8. The van der Waals surface area contributed by atoms with E-state index in [4.69, 9.17) is 0 Å². The van der Waals surface area contributed by atoms with Crippen LogP contribution in [0.5, 0.6) is 0 Å². The molecule has 6 heteroatoms. The van der Waals surface area contributed by atoms with E-state index in [9.17, 15) is 4.79 Å². The molecule has 0 atom stereocenters. The molecule has 1 aromatic rings. The summed E-state index contributed by atoms with van der Waals surface area (Å²) in [6, 6.07) is 0. The number of hydrogen-bond donors (Lipinski definition) is 1. The summed E-state index contributed by atoms with van der Waals surface area (Å²) in [4.78, 5) is 17.9. The molecular formula is C10H15N3OS2. The van der Waals surface area contributed by atoms with Gasteiger partial charge in [0.1, 0.15) is 4.34 Å². The van der Waals surface area contributed by atoms with Gasteiger partial charge in [0.05, 0.1) is 0 Å². The van der Waals surface area contributed by atoms with Gasteiger partial charge in [-0.1, -0.05) is 11.8 Å². The molecule has 1 N–H and O–H groups in total. The highest BCUT2D eigenvalue weighted by atomic mass is 32.2. The molecule has 16 heavy (non-hydrogen) atoms. The Kier molecular flexibility index (Phi) is 4.62. The Bertz CT molecular complexity index is 323. The van der Waals surface area contributed by atoms with Gasteiger partial charge in [0.15, 0.2) is 0 Å². The van der Waals surface area contributed by atoms with Gasteiger partial charge >= 0.3 is 0 Å². The van der Waals surface area contributed by atoms with E-state index in [0.717, 1.165) is 36.3 Å². The molecule has 0 spiro atoms. The van der Waals surface area contributed by atoms with Crippen LogP contribution < -0.4 is 5.32 Å². The van der Waals surface area contributed by atoms with Crippen LogP contribution in [0.3, 0.4) is 0 Å². The predicted molar refractivity (Wildman–Crippen MR) is 66.9 cm³/mol. The molecule has 0 aromatic carbocycles. The topological polar surface area (TPSA) is 45.2 Å². The number of carbonyl (C=O) groups is 1. The third-order valence-electron chi connectivity index (χ3n) is 2.42. The minimum absolute atomic E-state index is 0.269. The number of rotatable bonds is 4. The van der Waals surface area contributed by atoms with E-state index >= 15 is 0 Å². The van der Waals surface area contributed by atoms with Gasteiger partial charge in [0, 0.05) is 49.9 Å². The van der Waals surface area contributed by atoms with Crippen molar-refractivity contribution in [1.29, 1.82) is 0 Å². The van der Waals surface area contributed by atoms with Crippen molar-refractivity contribution in [2.45, 2.75) is 10.8 Å². The highest BCUT2D eigenvalue weighted by Gasteiger charge is 2.15. The summed E-state index contributed by atoms with van der Waals surface area (Å²) in [5.41, 5.74) is 0. The summed E-state index contributed by atoms with van der Waals surface area (Å²) in [6.45, 7) is 3.54. The lowest BCUT2D eigenvalue weighted by atomic mass is 10.3. The first kappa shape index (κ1) is 11.9. The Labute approximate surface area is 103 Å². The maximum atomic E-state index is 11.8. The number of piperazine rings is 1. The molecular weight excluding hydrogens is 242 g/mol. The number of thiazole rings is 1. The molecule has 2 heterocycles. The number of carbonyl (C=O) groups excluding carboxylic acids is 1. The lowest BCUT2D eigenvalue weighted by Gasteiger charge is -2.27. The zero-order valence-electron chi connectivity index (χ0n) is 9.02. The molecule has 0 radical (unpaired) electrons. The van der Waals surface area contributed by atoms with E-state index < -0.39 is 0 Å². The molecule has 0 aliphatic carbocycles. The van der Waals surface area contributed by atoms with Crippen LogP contribution in [0.25, 0.3) is 0 Å². The number of amides is 1. The monoisotopic (exact) mass is 257 g/mol. The van der Waals surface area contributed by atoms with Crippen LogP contribution >= 0.6 is 23.1 Å². The van der Waals surface area contributed by atoms with E-state index in [0.29, 0.717) is 6.42 Å². The van der Waals surface area contributed by atoms with Crippen molar-refractivity contribution in [2.24, 2.45) is 0 Å². The number of nitrogens with one attached hydrogen (secondary N) is 1. The SMILES string of the molecule is O=C(CCSc1nccs1)N1CCNCC1. The summed E-state index contributed by atoms with van der Waals surface area (Å²) in [5, 5.41) is 5.20. The van der Waals surface area contributed by atoms with E-state index in [2.05, 4.69) is 10.3 Å². The first-order chi connectivity index (χ1) is 7.86. The predicted octanol–water partition coefficient (Wildman–Crippen LogP) is 1.06. The average molecular weight is 257 g/mol. The fourth-order valence-corrected chi connectivity index (χ4v) is 3.22. The zero-order valence-corrected chi connectivity index (χ0v) is 10.6. The second-order valence-electron chi connectivity index (χ2n) is 3.53. The fraction of sp³-hybridized carbons (Fsp3) is 0.600. The standard InChI is InChI=1S/C10H15N3OS2/c14-9(13-5-2-11-3-6-13)1-7-15-10-12-4-8-16-10/h4,8,11H,1-3,5-7H2. The summed E-state index contributed by atoms with van der Waals surface area (Å²) in [6.07, 6.45) is 2.41. The zero-order chi connectivity index (χ0) is 11.2. The van der Waals surface area contributed by atoms with Crippen LogP contribution in [-0.4, -0.2) is 47.7 Å². The van der Waals surface area contributed by atoms with Crippen molar-refractivity contribution in [1.82, 2.24) is 15.2 Å². The van der Waals surface area contributed by atoms with Gasteiger partial charge in [-0.25, -0.2) is 4.98 Å². The second-order valence-corrected chi connectivity index (χ2v) is 5.76. The second kappa shape index (κ2) is 6.22. The molecule has 4 nitrogen and oxygen atoms in total. The molecule has 2 rings (SSSR count). The number of aromatic nitrogens is 1. The molecule has 0 unspecified atom stereocenters. The Morgan fingerprint density at radius 2 is 2.38 bits per heavy atom. The van der Waals surface area contributed by atoms with Crippen LogP contribution in [0.15, 0.2) is 15.9 Å². The highest BCUT2D eigenvalue weighted by Crippen LogP contribution is 2.20. The molecule has 1 amide bonds. The molecule has 1 aliphatic rings. The van der Waals surface area contributed by atoms with Gasteiger partial charge in [-0.05, 0) is 0 Å². The minimum Gasteiger partial charge on any atom is -0.340 e. The average Bonchev–Trinajstić information content (AvgIpc) is 2.83. The molecule has 1 fully saturated rings. The highest BCUT2D eigenvalue weighted by molar-refractivity contribution is 8.01. The first-order valence-electron chi connectivity index (χ1n) is 5.37. The number of thioether (sulfide) groups is 1. The maximum Gasteiger partial charge on any atom is 0.223 e. The van der Waals surface area contributed by atoms with Crippen molar-refractivity contribution in [3.8, 4) is 0 Å². The van der Waals surface area contributed by atoms with Crippen molar-refractivity contribution in [2.75, 3.05) is 31.9 Å². The minimum atomic E-state index is 0.269. The van der Waals surface area contributed by atoms with Crippen LogP contribution in [0.4, 0.5) is 0 Å². The van der Waals surface area contributed by atoms with E-state index in [-0.39, 0.29) is 5.91 Å². The number of hydrogen-bond acceptors (Lipinski definition) is 5. The van der Waals surface area contributed by atoms with E-state index in [1.54, 1.807) is 29.3 Å². The lowest BCUT2D eigenvalue weighted by Crippen LogP contribution is -2.46. The Morgan fingerprint density at radius 1 is 1.56 bits per heavy atom. The molecule has 1 aliphatic heterocycles. The van der Waals surface area contributed by atoms with Gasteiger partial charge < -0.3 is 10.2 Å². The van der Waals surface area contributed by atoms with Crippen molar-refractivity contribution in [3.63, 3.8) is 0 Å². The normalized spacial score (nSPS) is 16.4. The van der Waals surface area contributed by atoms with Gasteiger partial charge in [0.2, 0.25) is 5.91 Å². The lowest BCUT2D eigenvalue weighted by molar-refractivity contribution is -0.131. The number of nitrogens with zero attached hydrogens (tertiary/aromatic N) is 2. The van der Waals surface area contributed by atoms with Gasteiger partial charge in [-0.15, -0.1) is 11.3 Å². The molecule has 1 aromatic heterocycles. The largest absolute Gasteiger partial charge is 0.340 e. The third-order valence-corrected chi connectivity index (χ3v) is 4.39. The van der Waals surface area contributed by atoms with Gasteiger partial charge in [-0.2, -0.15) is 0 Å². The first-order valence-corrected chi connectivity index (χ1v) is 7.23. The third kappa shape index (κ3) is 3.47. The van der Waals surface area contributed by atoms with Crippen LogP contribution in [-0.2, 0) is 4.79 Å². The molecule has 1 saturated heterocycles. The molecule has 88 valence electrons. The summed E-state index contributed by atoms with van der Waals surface area (Å²) < 4.78 is 1.05. The van der Waals surface area contributed by atoms with E-state index in [1.165, 1.54) is 0 Å². The molecule has 0 saturated carbocycles. The Hall–Kier alpha value is -0.590. The van der Waals surface area contributed by atoms with Crippen molar-refractivity contribution in [3.05, 3.63) is 11.6 Å². The summed E-state index contributed by atoms with van der Waals surface area (Å²) in [7, 11) is 0. The van der Waals surface area contributed by atoms with Gasteiger partial charge in [-0.3, -0.25) is 4.79 Å². The van der Waals surface area contributed by atoms with Gasteiger partial charge in [0.25, 0.3) is 0 Å². The van der Waals surface area contributed by atoms with Crippen molar-refractivity contribution < 1.29 is 4.79 Å². The van der Waals surface area contributed by atoms with Crippen LogP contribution in [0, 0.1) is 0 Å². The molecule has 0 bridgehead atoms. The summed E-state index contributed by atoms with van der Waals surface area (Å²) in [5.74, 6) is 1.10. The van der Waals surface area contributed by atoms with E-state index in [1.807, 2.05) is 10.3 Å². The smallest absolute Gasteiger partial charge is 0.223 e. The Morgan fingerprint density at radius 3 is 3.06 bits per heavy atom.